The summed E-state index contributed by atoms with van der Waals surface area (Å²) in [4.78, 5) is 23.8. The predicted octanol–water partition coefficient (Wildman–Crippen LogP) is 0.903. The van der Waals surface area contributed by atoms with Crippen LogP contribution in [0.5, 0.6) is 0 Å². The predicted molar refractivity (Wildman–Crippen MR) is 68.0 cm³/mol. The van der Waals surface area contributed by atoms with E-state index in [1.54, 1.807) is 0 Å². The first-order valence-corrected chi connectivity index (χ1v) is 5.96. The van der Waals surface area contributed by atoms with Crippen LogP contribution in [0.3, 0.4) is 0 Å². The van der Waals surface area contributed by atoms with Crippen LogP contribution in [-0.4, -0.2) is 36.6 Å². The Balaban J connectivity index is 1.99. The van der Waals surface area contributed by atoms with Gasteiger partial charge in [0, 0.05) is 17.3 Å². The Bertz CT molecular complexity index is 490. The molecule has 0 saturated carbocycles. The molecule has 0 bridgehead atoms. The molecule has 1 aromatic carbocycles. The van der Waals surface area contributed by atoms with Gasteiger partial charge in [0.25, 0.3) is 0 Å². The molecule has 0 radical (unpaired) electrons. The van der Waals surface area contributed by atoms with Crippen LogP contribution in [0.4, 0.5) is 5.69 Å². The summed E-state index contributed by atoms with van der Waals surface area (Å²) in [6, 6.07) is 5.59. The highest BCUT2D eigenvalue weighted by Gasteiger charge is 2.22. The van der Waals surface area contributed by atoms with E-state index in [0.29, 0.717) is 5.02 Å². The van der Waals surface area contributed by atoms with Gasteiger partial charge in [0.05, 0.1) is 6.54 Å². The van der Waals surface area contributed by atoms with Gasteiger partial charge in [-0.05, 0) is 24.1 Å². The molecule has 1 aliphatic rings. The number of rotatable bonds is 4. The summed E-state index contributed by atoms with van der Waals surface area (Å²) in [6.07, 6.45) is 0.807. The summed E-state index contributed by atoms with van der Waals surface area (Å²) in [5.74, 6) is -1.35. The van der Waals surface area contributed by atoms with Gasteiger partial charge in [0.1, 0.15) is 6.54 Å². The Kier molecular flexibility index (Phi) is 3.72. The molecule has 18 heavy (non-hydrogen) atoms. The van der Waals surface area contributed by atoms with Crippen molar-refractivity contribution in [2.45, 2.75) is 6.42 Å². The maximum absolute atomic E-state index is 11.5. The lowest BCUT2D eigenvalue weighted by molar-refractivity contribution is -0.137. The summed E-state index contributed by atoms with van der Waals surface area (Å²) >= 11 is 6.07. The van der Waals surface area contributed by atoms with Crippen molar-refractivity contribution >= 4 is 29.2 Å². The lowest BCUT2D eigenvalue weighted by Crippen LogP contribution is -2.38. The fraction of sp³-hybridized carbons (Fsp3) is 0.333. The fourth-order valence-corrected chi connectivity index (χ4v) is 2.29. The number of hydrogen-bond acceptors (Lipinski definition) is 3. The molecular weight excluding hydrogens is 256 g/mol. The first kappa shape index (κ1) is 12.7. The van der Waals surface area contributed by atoms with E-state index < -0.39 is 5.97 Å². The molecule has 0 aliphatic carbocycles. The maximum atomic E-state index is 11.5. The molecule has 0 aromatic heterocycles. The zero-order valence-electron chi connectivity index (χ0n) is 9.65. The molecule has 0 fully saturated rings. The number of hydrogen-bond donors (Lipinski definition) is 2. The molecule has 1 aliphatic heterocycles. The van der Waals surface area contributed by atoms with Crippen molar-refractivity contribution in [1.82, 2.24) is 5.32 Å². The number of carbonyl (C=O) groups excluding carboxylic acids is 1. The smallest absolute Gasteiger partial charge is 0.322 e. The summed E-state index contributed by atoms with van der Waals surface area (Å²) in [7, 11) is 0. The molecule has 1 amide bonds. The zero-order chi connectivity index (χ0) is 13.1. The van der Waals surface area contributed by atoms with E-state index in [1.807, 2.05) is 23.1 Å². The topological polar surface area (TPSA) is 69.6 Å². The lowest BCUT2D eigenvalue weighted by atomic mass is 10.2. The van der Waals surface area contributed by atoms with Crippen molar-refractivity contribution in [3.05, 3.63) is 28.8 Å². The Morgan fingerprint density at radius 3 is 2.94 bits per heavy atom. The second-order valence-corrected chi connectivity index (χ2v) is 4.49. The van der Waals surface area contributed by atoms with Crippen molar-refractivity contribution in [3.8, 4) is 0 Å². The van der Waals surface area contributed by atoms with Crippen molar-refractivity contribution in [1.29, 1.82) is 0 Å². The number of fused-ring (bicyclic) bond motifs is 1. The van der Waals surface area contributed by atoms with Crippen LogP contribution in [0, 0.1) is 0 Å². The van der Waals surface area contributed by atoms with Crippen LogP contribution in [-0.2, 0) is 16.0 Å². The molecule has 0 atom stereocenters. The Hall–Kier alpha value is -1.75. The second-order valence-electron chi connectivity index (χ2n) is 4.08. The van der Waals surface area contributed by atoms with Crippen molar-refractivity contribution < 1.29 is 14.7 Å². The molecule has 5 nitrogen and oxygen atoms in total. The molecule has 1 heterocycles. The standard InChI is InChI=1S/C12H13ClN2O3/c13-9-2-1-3-10-8(9)4-5-15(10)7-11(16)14-6-12(17)18/h1-3H,4-7H2,(H,14,16)(H,17,18). The zero-order valence-corrected chi connectivity index (χ0v) is 10.4. The van der Waals surface area contributed by atoms with Crippen molar-refractivity contribution in [3.63, 3.8) is 0 Å². The number of benzene rings is 1. The van der Waals surface area contributed by atoms with Gasteiger partial charge in [-0.1, -0.05) is 17.7 Å². The monoisotopic (exact) mass is 268 g/mol. The quantitative estimate of drug-likeness (QED) is 0.851. The Labute approximate surface area is 109 Å². The highest BCUT2D eigenvalue weighted by atomic mass is 35.5. The molecule has 0 saturated heterocycles. The summed E-state index contributed by atoms with van der Waals surface area (Å²) in [6.45, 7) is 0.523. The average molecular weight is 269 g/mol. The van der Waals surface area contributed by atoms with Crippen molar-refractivity contribution in [2.24, 2.45) is 0 Å². The fourth-order valence-electron chi connectivity index (χ4n) is 2.03. The average Bonchev–Trinajstić information content (AvgIpc) is 2.72. The minimum absolute atomic E-state index is 0.153. The minimum Gasteiger partial charge on any atom is -0.480 e. The summed E-state index contributed by atoms with van der Waals surface area (Å²) in [5.41, 5.74) is 2.00. The molecule has 2 N–H and O–H groups in total. The molecule has 0 unspecified atom stereocenters. The Morgan fingerprint density at radius 1 is 1.44 bits per heavy atom. The first-order valence-electron chi connectivity index (χ1n) is 5.59. The molecular formula is C12H13ClN2O3. The van der Waals surface area contributed by atoms with E-state index in [-0.39, 0.29) is 19.0 Å². The maximum Gasteiger partial charge on any atom is 0.322 e. The number of anilines is 1. The number of carboxylic acids is 1. The third-order valence-electron chi connectivity index (χ3n) is 2.84. The highest BCUT2D eigenvalue weighted by Crippen LogP contribution is 2.32. The number of nitrogens with zero attached hydrogens (tertiary/aromatic N) is 1. The van der Waals surface area contributed by atoms with Crippen LogP contribution in [0.2, 0.25) is 5.02 Å². The van der Waals surface area contributed by atoms with E-state index in [1.165, 1.54) is 0 Å². The van der Waals surface area contributed by atoms with E-state index in [2.05, 4.69) is 5.32 Å². The number of halogens is 1. The van der Waals surface area contributed by atoms with E-state index in [9.17, 15) is 9.59 Å². The highest BCUT2D eigenvalue weighted by molar-refractivity contribution is 6.31. The second kappa shape index (κ2) is 5.27. The number of amides is 1. The molecule has 96 valence electrons. The van der Waals surface area contributed by atoms with Crippen LogP contribution < -0.4 is 10.2 Å². The van der Waals surface area contributed by atoms with E-state index >= 15 is 0 Å². The third kappa shape index (κ3) is 2.73. The lowest BCUT2D eigenvalue weighted by Gasteiger charge is -2.18. The van der Waals surface area contributed by atoms with Crippen LogP contribution in [0.25, 0.3) is 0 Å². The summed E-state index contributed by atoms with van der Waals surface area (Å²) in [5, 5.41) is 11.5. The third-order valence-corrected chi connectivity index (χ3v) is 3.19. The Morgan fingerprint density at radius 2 is 2.22 bits per heavy atom. The van der Waals surface area contributed by atoms with Gasteiger partial charge in [-0.15, -0.1) is 0 Å². The summed E-state index contributed by atoms with van der Waals surface area (Å²) < 4.78 is 0. The SMILES string of the molecule is O=C(O)CNC(=O)CN1CCc2c(Cl)cccc21. The number of carbonyl (C=O) groups is 2. The molecule has 0 spiro atoms. The van der Waals surface area contributed by atoms with Gasteiger partial charge < -0.3 is 15.3 Å². The largest absolute Gasteiger partial charge is 0.480 e. The number of carboxylic acid groups (broad SMARTS) is 1. The van der Waals surface area contributed by atoms with Gasteiger partial charge in [-0.25, -0.2) is 0 Å². The molecule has 6 heteroatoms. The van der Waals surface area contributed by atoms with E-state index in [4.69, 9.17) is 16.7 Å². The van der Waals surface area contributed by atoms with Gasteiger partial charge >= 0.3 is 5.97 Å². The van der Waals surface area contributed by atoms with Crippen LogP contribution in [0.1, 0.15) is 5.56 Å². The van der Waals surface area contributed by atoms with Crippen molar-refractivity contribution in [2.75, 3.05) is 24.5 Å². The molecule has 2 rings (SSSR count). The normalized spacial score (nSPS) is 13.3. The molecule has 1 aromatic rings. The van der Waals surface area contributed by atoms with Gasteiger partial charge in [0.2, 0.25) is 5.91 Å². The number of aliphatic carboxylic acids is 1. The van der Waals surface area contributed by atoms with Gasteiger partial charge in [-0.2, -0.15) is 0 Å². The van der Waals surface area contributed by atoms with Gasteiger partial charge in [0.15, 0.2) is 0 Å². The van der Waals surface area contributed by atoms with Crippen LogP contribution in [0.15, 0.2) is 18.2 Å². The first-order chi connectivity index (χ1) is 8.58. The van der Waals surface area contributed by atoms with E-state index in [0.717, 1.165) is 24.2 Å². The number of nitrogens with one attached hydrogen (secondary N) is 1. The van der Waals surface area contributed by atoms with Crippen LogP contribution >= 0.6 is 11.6 Å². The minimum atomic E-state index is -1.05. The van der Waals surface area contributed by atoms with Gasteiger partial charge in [-0.3, -0.25) is 9.59 Å².